The number of aliphatic imine (C=N–C) groups is 2. The fourth-order valence-corrected chi connectivity index (χ4v) is 1.30. The molecular weight excluding hydrogens is 222 g/mol. The van der Waals surface area contributed by atoms with E-state index in [1.165, 1.54) is 0 Å². The number of rotatable bonds is 4. The van der Waals surface area contributed by atoms with Gasteiger partial charge in [-0.2, -0.15) is 0 Å². The first-order chi connectivity index (χ1) is 7.77. The van der Waals surface area contributed by atoms with E-state index in [-0.39, 0.29) is 6.00 Å². The Kier molecular flexibility index (Phi) is 5.29. The lowest BCUT2D eigenvalue weighted by Gasteiger charge is -2.09. The number of anilines is 1. The van der Waals surface area contributed by atoms with Crippen molar-refractivity contribution in [1.82, 2.24) is 0 Å². The third-order valence-electron chi connectivity index (χ3n) is 1.91. The van der Waals surface area contributed by atoms with Gasteiger partial charge in [0.1, 0.15) is 11.8 Å². The minimum absolute atomic E-state index is 0.206. The summed E-state index contributed by atoms with van der Waals surface area (Å²) in [6.45, 7) is 5.31. The fourth-order valence-electron chi connectivity index (χ4n) is 1.18. The lowest BCUT2D eigenvalue weighted by Crippen LogP contribution is -2.13. The first-order valence-corrected chi connectivity index (χ1v) is 5.37. The fraction of sp³-hybridized carbons (Fsp3) is 0.167. The minimum atomic E-state index is 0.206. The maximum Gasteiger partial charge on any atom is 0.131 e. The van der Waals surface area contributed by atoms with Crippen LogP contribution in [-0.2, 0) is 0 Å². The molecule has 0 bridgehead atoms. The summed E-state index contributed by atoms with van der Waals surface area (Å²) in [5.41, 5.74) is 1.85. The van der Waals surface area contributed by atoms with Gasteiger partial charge in [-0.05, 0) is 25.8 Å². The van der Waals surface area contributed by atoms with Crippen molar-refractivity contribution in [1.29, 1.82) is 0 Å². The van der Waals surface area contributed by atoms with Crippen LogP contribution in [0.4, 0.5) is 5.69 Å². The molecule has 0 radical (unpaired) electrons. The second-order valence-electron chi connectivity index (χ2n) is 3.11. The van der Waals surface area contributed by atoms with Gasteiger partial charge in [0, 0.05) is 17.5 Å². The zero-order valence-corrected chi connectivity index (χ0v) is 9.91. The number of para-hydroxylation sites is 1. The van der Waals surface area contributed by atoms with Crippen LogP contribution in [0.5, 0.6) is 0 Å². The van der Waals surface area contributed by atoms with Crippen LogP contribution >= 0.6 is 11.6 Å². The molecule has 0 aromatic heterocycles. The molecule has 0 heterocycles. The summed E-state index contributed by atoms with van der Waals surface area (Å²) in [5.74, 6) is 0.702. The molecule has 0 unspecified atom stereocenters. The molecule has 4 heteroatoms. The van der Waals surface area contributed by atoms with Gasteiger partial charge in [-0.1, -0.05) is 18.2 Å². The van der Waals surface area contributed by atoms with E-state index in [4.69, 9.17) is 11.6 Å². The summed E-state index contributed by atoms with van der Waals surface area (Å²) < 4.78 is 0. The van der Waals surface area contributed by atoms with Gasteiger partial charge >= 0.3 is 0 Å². The van der Waals surface area contributed by atoms with E-state index >= 15 is 0 Å². The third-order valence-corrected chi connectivity index (χ3v) is 2.03. The van der Waals surface area contributed by atoms with Crippen molar-refractivity contribution in [2.24, 2.45) is 9.98 Å². The molecule has 0 amide bonds. The van der Waals surface area contributed by atoms with E-state index in [0.29, 0.717) is 5.84 Å². The van der Waals surface area contributed by atoms with Crippen molar-refractivity contribution in [2.75, 3.05) is 11.3 Å². The van der Waals surface area contributed by atoms with Gasteiger partial charge in [-0.3, -0.25) is 9.98 Å². The molecule has 16 heavy (non-hydrogen) atoms. The Balaban J connectivity index is 2.85. The van der Waals surface area contributed by atoms with Crippen LogP contribution in [0.1, 0.15) is 6.92 Å². The predicted molar refractivity (Wildman–Crippen MR) is 71.5 cm³/mol. The van der Waals surface area contributed by atoms with Crippen molar-refractivity contribution in [3.05, 3.63) is 42.1 Å². The summed E-state index contributed by atoms with van der Waals surface area (Å²) >= 11 is 5.61. The SMILES string of the molecule is C=N/C=C(C)\C(=N/CCl)Nc1ccccc1. The number of hydrogen-bond acceptors (Lipinski definition) is 2. The first-order valence-electron chi connectivity index (χ1n) is 4.83. The summed E-state index contributed by atoms with van der Waals surface area (Å²) in [7, 11) is 0. The second kappa shape index (κ2) is 6.80. The molecule has 0 atom stereocenters. The van der Waals surface area contributed by atoms with Crippen LogP contribution in [0.25, 0.3) is 0 Å². The number of hydrogen-bond donors (Lipinski definition) is 1. The van der Waals surface area contributed by atoms with Gasteiger partial charge in [0.05, 0.1) is 0 Å². The number of nitrogens with zero attached hydrogens (tertiary/aromatic N) is 2. The molecule has 0 aliphatic heterocycles. The summed E-state index contributed by atoms with van der Waals surface area (Å²) in [6, 6.07) is 9.97. The molecule has 3 nitrogen and oxygen atoms in total. The molecule has 1 N–H and O–H groups in total. The van der Waals surface area contributed by atoms with Gasteiger partial charge in [-0.25, -0.2) is 0 Å². The van der Waals surface area contributed by atoms with E-state index < -0.39 is 0 Å². The Labute approximate surface area is 101 Å². The number of alkyl halides is 1. The smallest absolute Gasteiger partial charge is 0.131 e. The molecule has 1 rings (SSSR count). The molecule has 0 saturated carbocycles. The highest BCUT2D eigenvalue weighted by Crippen LogP contribution is 2.08. The average molecular weight is 236 g/mol. The molecule has 84 valence electrons. The quantitative estimate of drug-likeness (QED) is 0.370. The van der Waals surface area contributed by atoms with Gasteiger partial charge in [-0.15, -0.1) is 11.6 Å². The highest BCUT2D eigenvalue weighted by Gasteiger charge is 2.01. The molecule has 0 aliphatic rings. The lowest BCUT2D eigenvalue weighted by atomic mass is 10.2. The standard InChI is InChI=1S/C12H14ClN3/c1-10(8-14-2)12(15-9-13)16-11-6-4-3-5-7-11/h3-8H,2,9H2,1H3,(H,15,16)/b10-8-. The Morgan fingerprint density at radius 1 is 1.44 bits per heavy atom. The highest BCUT2D eigenvalue weighted by atomic mass is 35.5. The summed E-state index contributed by atoms with van der Waals surface area (Å²) in [5, 5.41) is 3.17. The average Bonchev–Trinajstić information content (AvgIpc) is 2.30. The van der Waals surface area contributed by atoms with Crippen molar-refractivity contribution in [3.63, 3.8) is 0 Å². The number of amidine groups is 1. The monoisotopic (exact) mass is 235 g/mol. The molecule has 0 saturated heterocycles. The molecule has 0 aliphatic carbocycles. The van der Waals surface area contributed by atoms with E-state index in [1.807, 2.05) is 37.3 Å². The van der Waals surface area contributed by atoms with Crippen LogP contribution in [0.2, 0.25) is 0 Å². The van der Waals surface area contributed by atoms with Crippen molar-refractivity contribution >= 4 is 29.8 Å². The van der Waals surface area contributed by atoms with Crippen LogP contribution in [0, 0.1) is 0 Å². The molecule has 0 fully saturated rings. The maximum absolute atomic E-state index is 5.61. The molecule has 0 spiro atoms. The number of nitrogens with one attached hydrogen (secondary N) is 1. The Morgan fingerprint density at radius 2 is 2.12 bits per heavy atom. The Hall–Kier alpha value is -1.61. The van der Waals surface area contributed by atoms with Crippen LogP contribution in [0.15, 0.2) is 52.1 Å². The van der Waals surface area contributed by atoms with E-state index in [9.17, 15) is 0 Å². The third kappa shape index (κ3) is 3.87. The summed E-state index contributed by atoms with van der Waals surface area (Å²) in [4.78, 5) is 7.86. The predicted octanol–water partition coefficient (Wildman–Crippen LogP) is 3.30. The molecule has 1 aromatic rings. The highest BCUT2D eigenvalue weighted by molar-refractivity contribution is 6.19. The zero-order chi connectivity index (χ0) is 11.8. The minimum Gasteiger partial charge on any atom is -0.340 e. The van der Waals surface area contributed by atoms with Gasteiger partial charge in [0.25, 0.3) is 0 Å². The first kappa shape index (κ1) is 12.5. The Morgan fingerprint density at radius 3 is 2.69 bits per heavy atom. The molecule has 1 aromatic carbocycles. The Bertz CT molecular complexity index is 396. The van der Waals surface area contributed by atoms with Crippen LogP contribution < -0.4 is 5.32 Å². The number of halogens is 1. The van der Waals surface area contributed by atoms with Crippen LogP contribution in [0.3, 0.4) is 0 Å². The van der Waals surface area contributed by atoms with Gasteiger partial charge < -0.3 is 5.32 Å². The molecular formula is C12H14ClN3. The maximum atomic E-state index is 5.61. The van der Waals surface area contributed by atoms with Crippen molar-refractivity contribution < 1.29 is 0 Å². The van der Waals surface area contributed by atoms with Gasteiger partial charge in [0.2, 0.25) is 0 Å². The van der Waals surface area contributed by atoms with Crippen LogP contribution in [-0.4, -0.2) is 18.6 Å². The number of benzene rings is 1. The van der Waals surface area contributed by atoms with Crippen molar-refractivity contribution in [2.45, 2.75) is 6.92 Å². The van der Waals surface area contributed by atoms with E-state index in [2.05, 4.69) is 22.0 Å². The normalized spacial score (nSPS) is 12.4. The largest absolute Gasteiger partial charge is 0.340 e. The topological polar surface area (TPSA) is 36.8 Å². The second-order valence-corrected chi connectivity index (χ2v) is 3.35. The summed E-state index contributed by atoms with van der Waals surface area (Å²) in [6.07, 6.45) is 1.64. The van der Waals surface area contributed by atoms with Crippen molar-refractivity contribution in [3.8, 4) is 0 Å². The zero-order valence-electron chi connectivity index (χ0n) is 9.15. The van der Waals surface area contributed by atoms with E-state index in [0.717, 1.165) is 11.3 Å². The van der Waals surface area contributed by atoms with Gasteiger partial charge in [0.15, 0.2) is 0 Å². The van der Waals surface area contributed by atoms with E-state index in [1.54, 1.807) is 6.20 Å². The lowest BCUT2D eigenvalue weighted by molar-refractivity contribution is 1.32.